The molecule has 2 rings (SSSR count). The summed E-state index contributed by atoms with van der Waals surface area (Å²) < 4.78 is 28.4. The van der Waals surface area contributed by atoms with Crippen molar-refractivity contribution in [3.8, 4) is 0 Å². The van der Waals surface area contributed by atoms with Crippen LogP contribution in [-0.4, -0.2) is 73.5 Å². The normalized spacial score (nSPS) is 18.9. The van der Waals surface area contributed by atoms with Crippen molar-refractivity contribution in [3.05, 3.63) is 17.6 Å². The lowest BCUT2D eigenvalue weighted by molar-refractivity contribution is 0.0702. The van der Waals surface area contributed by atoms with Crippen LogP contribution >= 0.6 is 0 Å². The summed E-state index contributed by atoms with van der Waals surface area (Å²) in [5.74, 6) is 0.988. The van der Waals surface area contributed by atoms with E-state index in [0.29, 0.717) is 37.8 Å². The Bertz CT molecular complexity index is 708. The maximum Gasteiger partial charge on any atom is 0.272 e. The summed E-state index contributed by atoms with van der Waals surface area (Å²) in [5, 5.41) is 3.16. The van der Waals surface area contributed by atoms with Crippen molar-refractivity contribution in [1.82, 2.24) is 14.9 Å². The molecule has 140 valence electrons. The molecule has 1 aromatic heterocycles. The van der Waals surface area contributed by atoms with Gasteiger partial charge in [-0.15, -0.1) is 0 Å². The number of hydrogen-bond donors (Lipinski definition) is 1. The molecule has 2 heterocycles. The van der Waals surface area contributed by atoms with Gasteiger partial charge in [-0.05, 0) is 26.7 Å². The third-order valence-electron chi connectivity index (χ3n) is 4.14. The van der Waals surface area contributed by atoms with Gasteiger partial charge in [-0.3, -0.25) is 4.79 Å². The molecule has 1 saturated heterocycles. The fourth-order valence-corrected chi connectivity index (χ4v) is 4.67. The van der Waals surface area contributed by atoms with Gasteiger partial charge in [0, 0.05) is 38.9 Å². The molecule has 1 aliphatic rings. The lowest BCUT2D eigenvalue weighted by Crippen LogP contribution is -2.41. The van der Waals surface area contributed by atoms with E-state index in [0.717, 1.165) is 6.42 Å². The van der Waals surface area contributed by atoms with Crippen LogP contribution in [-0.2, 0) is 14.6 Å². The van der Waals surface area contributed by atoms with Crippen molar-refractivity contribution < 1.29 is 17.9 Å². The Morgan fingerprint density at radius 3 is 2.80 bits per heavy atom. The van der Waals surface area contributed by atoms with Crippen LogP contribution in [0, 0.1) is 6.92 Å². The van der Waals surface area contributed by atoms with Gasteiger partial charge in [0.05, 0.1) is 11.5 Å². The average Bonchev–Trinajstić information content (AvgIpc) is 2.91. The number of ether oxygens (including phenoxy) is 1. The van der Waals surface area contributed by atoms with Crippen LogP contribution in [0.5, 0.6) is 0 Å². The van der Waals surface area contributed by atoms with Crippen LogP contribution in [0.4, 0.5) is 5.82 Å². The molecule has 1 unspecified atom stereocenters. The maximum absolute atomic E-state index is 12.8. The second kappa shape index (κ2) is 8.57. The number of methoxy groups -OCH3 is 1. The molecule has 0 spiro atoms. The fraction of sp³-hybridized carbons (Fsp3) is 0.688. The Morgan fingerprint density at radius 1 is 1.44 bits per heavy atom. The van der Waals surface area contributed by atoms with E-state index in [2.05, 4.69) is 15.3 Å². The second-order valence-electron chi connectivity index (χ2n) is 6.11. The molecule has 1 aliphatic heterocycles. The molecule has 25 heavy (non-hydrogen) atoms. The van der Waals surface area contributed by atoms with Crippen LogP contribution in [0.15, 0.2) is 6.07 Å². The highest BCUT2D eigenvalue weighted by Gasteiger charge is 2.34. The molecular formula is C16H26N4O4S. The monoisotopic (exact) mass is 370 g/mol. The minimum Gasteiger partial charge on any atom is -0.385 e. The second-order valence-corrected chi connectivity index (χ2v) is 8.34. The van der Waals surface area contributed by atoms with Crippen molar-refractivity contribution in [3.63, 3.8) is 0 Å². The molecule has 1 amide bonds. The lowest BCUT2D eigenvalue weighted by Gasteiger charge is -2.26. The van der Waals surface area contributed by atoms with Crippen LogP contribution in [0.2, 0.25) is 0 Å². The summed E-state index contributed by atoms with van der Waals surface area (Å²) in [4.78, 5) is 23.0. The van der Waals surface area contributed by atoms with E-state index in [1.165, 1.54) is 0 Å². The predicted octanol–water partition coefficient (Wildman–Crippen LogP) is 0.883. The minimum atomic E-state index is -3.05. The van der Waals surface area contributed by atoms with Crippen molar-refractivity contribution in [2.24, 2.45) is 0 Å². The first kappa shape index (κ1) is 19.6. The number of sulfone groups is 1. The SMILES string of the molecule is CCN(C(=O)c1cc(NCCCOC)nc(C)n1)C1CCS(=O)(=O)C1. The molecule has 1 aromatic rings. The smallest absolute Gasteiger partial charge is 0.272 e. The number of carbonyl (C=O) groups is 1. The lowest BCUT2D eigenvalue weighted by atomic mass is 10.2. The Labute approximate surface area is 148 Å². The van der Waals surface area contributed by atoms with Crippen LogP contribution in [0.1, 0.15) is 36.1 Å². The minimum absolute atomic E-state index is 0.0266. The summed E-state index contributed by atoms with van der Waals surface area (Å²) in [6.07, 6.45) is 1.30. The van der Waals surface area contributed by atoms with Gasteiger partial charge in [0.1, 0.15) is 17.3 Å². The first-order valence-corrected chi connectivity index (χ1v) is 10.3. The van der Waals surface area contributed by atoms with Crippen LogP contribution in [0.25, 0.3) is 0 Å². The molecule has 0 saturated carbocycles. The number of hydrogen-bond acceptors (Lipinski definition) is 7. The van der Waals surface area contributed by atoms with Gasteiger partial charge in [-0.25, -0.2) is 18.4 Å². The highest BCUT2D eigenvalue weighted by atomic mass is 32.2. The largest absolute Gasteiger partial charge is 0.385 e. The predicted molar refractivity (Wildman–Crippen MR) is 95.5 cm³/mol. The number of rotatable bonds is 8. The van der Waals surface area contributed by atoms with Crippen LogP contribution < -0.4 is 5.32 Å². The Kier molecular flexibility index (Phi) is 6.71. The Morgan fingerprint density at radius 2 is 2.20 bits per heavy atom. The Hall–Kier alpha value is -1.74. The molecule has 8 nitrogen and oxygen atoms in total. The summed E-state index contributed by atoms with van der Waals surface area (Å²) in [6.45, 7) is 5.34. The molecule has 1 N–H and O–H groups in total. The number of nitrogens with one attached hydrogen (secondary N) is 1. The molecule has 0 aliphatic carbocycles. The molecule has 1 atom stereocenters. The van der Waals surface area contributed by atoms with E-state index in [1.807, 2.05) is 6.92 Å². The first-order valence-electron chi connectivity index (χ1n) is 8.46. The highest BCUT2D eigenvalue weighted by molar-refractivity contribution is 7.91. The quantitative estimate of drug-likeness (QED) is 0.678. The zero-order chi connectivity index (χ0) is 18.4. The third kappa shape index (κ3) is 5.37. The number of aryl methyl sites for hydroxylation is 1. The number of anilines is 1. The number of nitrogens with zero attached hydrogens (tertiary/aromatic N) is 3. The van der Waals surface area contributed by atoms with E-state index in [-0.39, 0.29) is 29.1 Å². The van der Waals surface area contributed by atoms with E-state index >= 15 is 0 Å². The van der Waals surface area contributed by atoms with Crippen molar-refractivity contribution in [1.29, 1.82) is 0 Å². The van der Waals surface area contributed by atoms with E-state index in [4.69, 9.17) is 4.74 Å². The van der Waals surface area contributed by atoms with E-state index in [1.54, 1.807) is 25.0 Å². The van der Waals surface area contributed by atoms with Crippen molar-refractivity contribution in [2.45, 2.75) is 32.7 Å². The molecule has 1 fully saturated rings. The fourth-order valence-electron chi connectivity index (χ4n) is 2.94. The van der Waals surface area contributed by atoms with Gasteiger partial charge < -0.3 is 15.0 Å². The van der Waals surface area contributed by atoms with Gasteiger partial charge in [0.2, 0.25) is 0 Å². The maximum atomic E-state index is 12.8. The topological polar surface area (TPSA) is 101 Å². The zero-order valence-corrected chi connectivity index (χ0v) is 15.8. The van der Waals surface area contributed by atoms with Crippen molar-refractivity contribution in [2.75, 3.05) is 43.6 Å². The van der Waals surface area contributed by atoms with Crippen LogP contribution in [0.3, 0.4) is 0 Å². The van der Waals surface area contributed by atoms with Gasteiger partial charge in [0.15, 0.2) is 9.84 Å². The summed E-state index contributed by atoms with van der Waals surface area (Å²) in [5.41, 5.74) is 0.285. The standard InChI is InChI=1S/C16H26N4O4S/c1-4-20(13-6-9-25(22,23)11-13)16(21)14-10-15(19-12(2)18-14)17-7-5-8-24-3/h10,13H,4-9,11H2,1-3H3,(H,17,18,19). The van der Waals surface area contributed by atoms with Gasteiger partial charge >= 0.3 is 0 Å². The van der Waals surface area contributed by atoms with Gasteiger partial charge in [-0.1, -0.05) is 0 Å². The van der Waals surface area contributed by atoms with Crippen molar-refractivity contribution >= 4 is 21.6 Å². The zero-order valence-electron chi connectivity index (χ0n) is 15.0. The van der Waals surface area contributed by atoms with E-state index in [9.17, 15) is 13.2 Å². The number of aromatic nitrogens is 2. The summed E-state index contributed by atoms with van der Waals surface area (Å²) in [6, 6.07) is 1.34. The molecule has 0 aromatic carbocycles. The molecule has 0 radical (unpaired) electrons. The van der Waals surface area contributed by atoms with Gasteiger partial charge in [-0.2, -0.15) is 0 Å². The number of amides is 1. The van der Waals surface area contributed by atoms with Gasteiger partial charge in [0.25, 0.3) is 5.91 Å². The van der Waals surface area contributed by atoms with E-state index < -0.39 is 9.84 Å². The average molecular weight is 370 g/mol. The number of carbonyl (C=O) groups excluding carboxylic acids is 1. The molecule has 0 bridgehead atoms. The summed E-state index contributed by atoms with van der Waals surface area (Å²) >= 11 is 0. The first-order chi connectivity index (χ1) is 11.9. The Balaban J connectivity index is 2.12. The highest BCUT2D eigenvalue weighted by Crippen LogP contribution is 2.20. The molecule has 9 heteroatoms. The molecular weight excluding hydrogens is 344 g/mol. The third-order valence-corrected chi connectivity index (χ3v) is 5.89. The summed E-state index contributed by atoms with van der Waals surface area (Å²) in [7, 11) is -1.40.